The third kappa shape index (κ3) is 5.31. The first-order valence-electron chi connectivity index (χ1n) is 10.7. The van der Waals surface area contributed by atoms with Crippen LogP contribution in [0.25, 0.3) is 11.0 Å². The molecule has 0 radical (unpaired) electrons. The van der Waals surface area contributed by atoms with Crippen molar-refractivity contribution in [2.45, 2.75) is 32.9 Å². The summed E-state index contributed by atoms with van der Waals surface area (Å²) in [5.41, 5.74) is 4.28. The zero-order valence-corrected chi connectivity index (χ0v) is 17.8. The predicted molar refractivity (Wildman–Crippen MR) is 123 cm³/mol. The van der Waals surface area contributed by atoms with Crippen molar-refractivity contribution in [3.05, 3.63) is 95.8 Å². The van der Waals surface area contributed by atoms with Crippen LogP contribution in [0.1, 0.15) is 23.9 Å². The van der Waals surface area contributed by atoms with E-state index in [9.17, 15) is 4.79 Å². The molecule has 31 heavy (non-hydrogen) atoms. The van der Waals surface area contributed by atoms with Gasteiger partial charge in [-0.2, -0.15) is 0 Å². The number of nitrogens with one attached hydrogen (secondary N) is 1. The van der Waals surface area contributed by atoms with E-state index in [1.165, 1.54) is 5.56 Å². The summed E-state index contributed by atoms with van der Waals surface area (Å²) >= 11 is 0. The highest BCUT2D eigenvalue weighted by Crippen LogP contribution is 2.17. The molecule has 1 N–H and O–H groups in total. The number of carbonyl (C=O) groups is 1. The van der Waals surface area contributed by atoms with Crippen LogP contribution in [0.2, 0.25) is 0 Å². The van der Waals surface area contributed by atoms with Gasteiger partial charge in [-0.1, -0.05) is 54.6 Å². The van der Waals surface area contributed by atoms with Gasteiger partial charge in [0.1, 0.15) is 11.6 Å². The van der Waals surface area contributed by atoms with Crippen LogP contribution in [0.4, 0.5) is 0 Å². The number of hydrogen-bond donors (Lipinski definition) is 1. The predicted octanol–water partition coefficient (Wildman–Crippen LogP) is 4.54. The fourth-order valence-corrected chi connectivity index (χ4v) is 3.69. The Bertz CT molecular complexity index is 1130. The third-order valence-corrected chi connectivity index (χ3v) is 5.24. The van der Waals surface area contributed by atoms with Crippen molar-refractivity contribution in [1.82, 2.24) is 14.9 Å². The number of imidazole rings is 1. The number of benzene rings is 3. The lowest BCUT2D eigenvalue weighted by Crippen LogP contribution is -2.26. The van der Waals surface area contributed by atoms with Crippen LogP contribution in [0.3, 0.4) is 0 Å². The standard InChI is InChI=1S/C26H27N3O2/c1-2-31-22-14-12-21(13-15-22)18-26(30)27-19-25-28-23-10-6-7-11-24(23)29(25)17-16-20-8-4-3-5-9-20/h3-15H,2,16-19H2,1H3,(H,27,30). The molecule has 158 valence electrons. The summed E-state index contributed by atoms with van der Waals surface area (Å²) < 4.78 is 7.66. The average Bonchev–Trinajstić information content (AvgIpc) is 3.16. The molecule has 5 nitrogen and oxygen atoms in total. The summed E-state index contributed by atoms with van der Waals surface area (Å²) in [5.74, 6) is 1.67. The molecule has 4 rings (SSSR count). The van der Waals surface area contributed by atoms with Crippen LogP contribution in [0, 0.1) is 0 Å². The smallest absolute Gasteiger partial charge is 0.224 e. The third-order valence-electron chi connectivity index (χ3n) is 5.24. The van der Waals surface area contributed by atoms with Crippen molar-refractivity contribution >= 4 is 16.9 Å². The van der Waals surface area contributed by atoms with Crippen LogP contribution >= 0.6 is 0 Å². The van der Waals surface area contributed by atoms with Crippen molar-refractivity contribution in [2.24, 2.45) is 0 Å². The van der Waals surface area contributed by atoms with Gasteiger partial charge < -0.3 is 14.6 Å². The van der Waals surface area contributed by atoms with Gasteiger partial charge >= 0.3 is 0 Å². The zero-order valence-electron chi connectivity index (χ0n) is 17.8. The van der Waals surface area contributed by atoms with Crippen molar-refractivity contribution in [2.75, 3.05) is 6.61 Å². The van der Waals surface area contributed by atoms with Crippen LogP contribution in [0.5, 0.6) is 5.75 Å². The van der Waals surface area contributed by atoms with Gasteiger partial charge in [0.25, 0.3) is 0 Å². The molecule has 0 aliphatic carbocycles. The van der Waals surface area contributed by atoms with Crippen molar-refractivity contribution < 1.29 is 9.53 Å². The average molecular weight is 414 g/mol. The normalized spacial score (nSPS) is 10.9. The second-order valence-corrected chi connectivity index (χ2v) is 7.43. The molecule has 1 amide bonds. The highest BCUT2D eigenvalue weighted by atomic mass is 16.5. The number of aryl methyl sites for hydroxylation is 2. The Balaban J connectivity index is 1.43. The molecular weight excluding hydrogens is 386 g/mol. The van der Waals surface area contributed by atoms with Crippen molar-refractivity contribution in [3.63, 3.8) is 0 Å². The van der Waals surface area contributed by atoms with E-state index in [0.29, 0.717) is 19.6 Å². The van der Waals surface area contributed by atoms with E-state index in [1.54, 1.807) is 0 Å². The Morgan fingerprint density at radius 2 is 1.68 bits per heavy atom. The maximum Gasteiger partial charge on any atom is 0.224 e. The second kappa shape index (κ2) is 9.94. The topological polar surface area (TPSA) is 56.1 Å². The summed E-state index contributed by atoms with van der Waals surface area (Å²) in [6.45, 7) is 3.80. The molecule has 0 aliphatic heterocycles. The Morgan fingerprint density at radius 1 is 0.935 bits per heavy atom. The van der Waals surface area contributed by atoms with Crippen LogP contribution in [-0.4, -0.2) is 22.1 Å². The maximum absolute atomic E-state index is 12.5. The molecule has 0 unspecified atom stereocenters. The first-order valence-corrected chi connectivity index (χ1v) is 10.7. The first-order chi connectivity index (χ1) is 15.2. The van der Waals surface area contributed by atoms with Gasteiger partial charge in [0.2, 0.25) is 5.91 Å². The summed E-state index contributed by atoms with van der Waals surface area (Å²) in [4.78, 5) is 17.3. The van der Waals surface area contributed by atoms with E-state index >= 15 is 0 Å². The molecule has 0 atom stereocenters. The Labute approximate surface area is 182 Å². The number of fused-ring (bicyclic) bond motifs is 1. The second-order valence-electron chi connectivity index (χ2n) is 7.43. The maximum atomic E-state index is 12.5. The molecule has 4 aromatic rings. The van der Waals surface area contributed by atoms with Gasteiger partial charge in [0, 0.05) is 6.54 Å². The number of ether oxygens (including phenoxy) is 1. The number of amides is 1. The molecule has 0 spiro atoms. The minimum atomic E-state index is -0.0224. The molecule has 1 heterocycles. The Kier molecular flexibility index (Phi) is 6.62. The fraction of sp³-hybridized carbons (Fsp3) is 0.231. The molecule has 0 saturated carbocycles. The van der Waals surface area contributed by atoms with Crippen molar-refractivity contribution in [3.8, 4) is 5.75 Å². The van der Waals surface area contributed by atoms with Gasteiger partial charge in [0.15, 0.2) is 0 Å². The largest absolute Gasteiger partial charge is 0.494 e. The van der Waals surface area contributed by atoms with Gasteiger partial charge in [-0.25, -0.2) is 4.98 Å². The van der Waals surface area contributed by atoms with Crippen molar-refractivity contribution in [1.29, 1.82) is 0 Å². The highest BCUT2D eigenvalue weighted by molar-refractivity contribution is 5.79. The van der Waals surface area contributed by atoms with Gasteiger partial charge in [0.05, 0.1) is 30.6 Å². The molecule has 0 saturated heterocycles. The van der Waals surface area contributed by atoms with Gasteiger partial charge in [-0.05, 0) is 48.7 Å². The van der Waals surface area contributed by atoms with E-state index in [2.05, 4.69) is 40.2 Å². The van der Waals surface area contributed by atoms with Gasteiger partial charge in [-0.3, -0.25) is 4.79 Å². The number of aromatic nitrogens is 2. The molecule has 0 bridgehead atoms. The molecule has 1 aromatic heterocycles. The zero-order chi connectivity index (χ0) is 21.5. The van der Waals surface area contributed by atoms with Crippen LogP contribution < -0.4 is 10.1 Å². The summed E-state index contributed by atoms with van der Waals surface area (Å²) in [5, 5.41) is 3.03. The SMILES string of the molecule is CCOc1ccc(CC(=O)NCc2nc3ccccc3n2CCc2ccccc2)cc1. The van der Waals surface area contributed by atoms with E-state index in [4.69, 9.17) is 9.72 Å². The number of carbonyl (C=O) groups excluding carboxylic acids is 1. The molecular formula is C26H27N3O2. The minimum Gasteiger partial charge on any atom is -0.494 e. The molecule has 5 heteroatoms. The lowest BCUT2D eigenvalue weighted by atomic mass is 10.1. The van der Waals surface area contributed by atoms with E-state index in [-0.39, 0.29) is 5.91 Å². The monoisotopic (exact) mass is 413 g/mol. The number of nitrogens with zero attached hydrogens (tertiary/aromatic N) is 2. The van der Waals surface area contributed by atoms with E-state index in [1.807, 2.05) is 55.5 Å². The number of rotatable bonds is 9. The lowest BCUT2D eigenvalue weighted by molar-refractivity contribution is -0.120. The summed E-state index contributed by atoms with van der Waals surface area (Å²) in [6.07, 6.45) is 1.24. The minimum absolute atomic E-state index is 0.0224. The van der Waals surface area contributed by atoms with E-state index < -0.39 is 0 Å². The Hall–Kier alpha value is -3.60. The summed E-state index contributed by atoms with van der Waals surface area (Å²) in [6, 6.07) is 26.2. The molecule has 0 aliphatic rings. The van der Waals surface area contributed by atoms with Crippen LogP contribution in [0.15, 0.2) is 78.9 Å². The summed E-state index contributed by atoms with van der Waals surface area (Å²) in [7, 11) is 0. The number of hydrogen-bond acceptors (Lipinski definition) is 3. The van der Waals surface area contributed by atoms with Crippen LogP contribution in [-0.2, 0) is 30.7 Å². The number of para-hydroxylation sites is 2. The first kappa shape index (κ1) is 20.7. The quantitative estimate of drug-likeness (QED) is 0.438. The fourth-order valence-electron chi connectivity index (χ4n) is 3.69. The Morgan fingerprint density at radius 3 is 2.45 bits per heavy atom. The van der Waals surface area contributed by atoms with E-state index in [0.717, 1.165) is 41.1 Å². The molecule has 0 fully saturated rings. The highest BCUT2D eigenvalue weighted by Gasteiger charge is 2.12. The van der Waals surface area contributed by atoms with Gasteiger partial charge in [-0.15, -0.1) is 0 Å². The lowest BCUT2D eigenvalue weighted by Gasteiger charge is -2.11. The molecule has 3 aromatic carbocycles.